The number of pyridine rings is 1. The van der Waals surface area contributed by atoms with Gasteiger partial charge in [-0.3, -0.25) is 14.9 Å². The molecule has 0 radical (unpaired) electrons. The van der Waals surface area contributed by atoms with E-state index in [0.717, 1.165) is 13.0 Å². The number of piperidine rings is 1. The molecular weight excluding hydrogens is 274 g/mol. The van der Waals surface area contributed by atoms with Crippen molar-refractivity contribution in [1.29, 1.82) is 0 Å². The summed E-state index contributed by atoms with van der Waals surface area (Å²) in [7, 11) is 0. The number of carboxylic acids is 1. The maximum Gasteiger partial charge on any atom is 0.311 e. The minimum absolute atomic E-state index is 0.0479. The fourth-order valence-electron chi connectivity index (χ4n) is 2.91. The second-order valence-electron chi connectivity index (χ2n) is 5.56. The molecule has 1 saturated heterocycles. The average molecular weight is 293 g/mol. The first-order valence-electron chi connectivity index (χ1n) is 6.99. The highest BCUT2D eigenvalue weighted by molar-refractivity contribution is 5.76. The van der Waals surface area contributed by atoms with Crippen LogP contribution < -0.4 is 4.90 Å². The fourth-order valence-corrected chi connectivity index (χ4v) is 2.91. The molecule has 1 aromatic rings. The van der Waals surface area contributed by atoms with Gasteiger partial charge in [-0.1, -0.05) is 6.92 Å². The molecule has 0 spiro atoms. The van der Waals surface area contributed by atoms with Gasteiger partial charge in [-0.2, -0.15) is 0 Å². The van der Waals surface area contributed by atoms with Crippen molar-refractivity contribution in [1.82, 2.24) is 4.98 Å². The Bertz CT molecular complexity index is 575. The first-order chi connectivity index (χ1) is 9.89. The van der Waals surface area contributed by atoms with Crippen LogP contribution in [0.2, 0.25) is 0 Å². The highest BCUT2D eigenvalue weighted by Crippen LogP contribution is 2.36. The molecule has 2 heterocycles. The zero-order valence-electron chi connectivity index (χ0n) is 12.2. The van der Waals surface area contributed by atoms with Crippen LogP contribution in [0.5, 0.6) is 0 Å². The third-order valence-corrected chi connectivity index (χ3v) is 4.25. The first kappa shape index (κ1) is 15.2. The molecule has 7 nitrogen and oxygen atoms in total. The topological polar surface area (TPSA) is 96.6 Å². The fraction of sp³-hybridized carbons (Fsp3) is 0.571. The molecule has 21 heavy (non-hydrogen) atoms. The molecule has 1 aliphatic heterocycles. The largest absolute Gasteiger partial charge is 0.481 e. The van der Waals surface area contributed by atoms with Crippen LogP contribution in [0.3, 0.4) is 0 Å². The van der Waals surface area contributed by atoms with Gasteiger partial charge in [-0.15, -0.1) is 0 Å². The van der Waals surface area contributed by atoms with Crippen LogP contribution in [-0.4, -0.2) is 34.1 Å². The van der Waals surface area contributed by atoms with Crippen LogP contribution in [0.15, 0.2) is 12.3 Å². The van der Waals surface area contributed by atoms with E-state index in [4.69, 9.17) is 0 Å². The molecular formula is C14H19N3O4. The lowest BCUT2D eigenvalue weighted by molar-refractivity contribution is -0.385. The van der Waals surface area contributed by atoms with Crippen molar-refractivity contribution < 1.29 is 14.8 Å². The Kier molecular flexibility index (Phi) is 4.11. The quantitative estimate of drug-likeness (QED) is 0.676. The van der Waals surface area contributed by atoms with Crippen LogP contribution in [0, 0.1) is 22.5 Å². The monoisotopic (exact) mass is 293 g/mol. The number of aromatic nitrogens is 1. The summed E-state index contributed by atoms with van der Waals surface area (Å²) in [6.45, 7) is 4.76. The number of anilines is 1. The molecule has 7 heteroatoms. The minimum atomic E-state index is -0.783. The smallest absolute Gasteiger partial charge is 0.311 e. The Morgan fingerprint density at radius 1 is 1.62 bits per heavy atom. The van der Waals surface area contributed by atoms with E-state index in [2.05, 4.69) is 4.98 Å². The van der Waals surface area contributed by atoms with Gasteiger partial charge in [-0.05, 0) is 31.7 Å². The maximum atomic E-state index is 11.6. The standard InChI is InChI=1S/C14H19N3O4/c1-3-14(13(18)19)5-4-6-16(9-14)12-10(2)7-11(8-15-12)17(20)21/h7-8H,3-6,9H2,1-2H3,(H,18,19). The summed E-state index contributed by atoms with van der Waals surface area (Å²) in [5.41, 5.74) is -0.108. The predicted molar refractivity (Wildman–Crippen MR) is 77.4 cm³/mol. The second-order valence-corrected chi connectivity index (χ2v) is 5.56. The third kappa shape index (κ3) is 2.81. The number of nitro groups is 1. The molecule has 0 aromatic carbocycles. The molecule has 1 unspecified atom stereocenters. The van der Waals surface area contributed by atoms with Gasteiger partial charge in [0, 0.05) is 19.2 Å². The van der Waals surface area contributed by atoms with Crippen molar-refractivity contribution in [3.05, 3.63) is 27.9 Å². The Labute approximate surface area is 122 Å². The van der Waals surface area contributed by atoms with E-state index in [1.807, 2.05) is 11.8 Å². The highest BCUT2D eigenvalue weighted by atomic mass is 16.6. The van der Waals surface area contributed by atoms with Crippen LogP contribution >= 0.6 is 0 Å². The third-order valence-electron chi connectivity index (χ3n) is 4.25. The number of hydrogen-bond donors (Lipinski definition) is 1. The maximum absolute atomic E-state index is 11.6. The van der Waals surface area contributed by atoms with Gasteiger partial charge in [-0.25, -0.2) is 4.98 Å². The number of hydrogen-bond acceptors (Lipinski definition) is 5. The summed E-state index contributed by atoms with van der Waals surface area (Å²) in [6.07, 6.45) is 3.22. The Morgan fingerprint density at radius 2 is 2.33 bits per heavy atom. The number of carbonyl (C=O) groups is 1. The van der Waals surface area contributed by atoms with Crippen LogP contribution in [-0.2, 0) is 4.79 Å². The van der Waals surface area contributed by atoms with Gasteiger partial charge in [0.1, 0.15) is 12.0 Å². The normalized spacial score (nSPS) is 22.1. The summed E-state index contributed by atoms with van der Waals surface area (Å²) in [6, 6.07) is 1.48. The van der Waals surface area contributed by atoms with E-state index >= 15 is 0 Å². The first-order valence-corrected chi connectivity index (χ1v) is 6.99. The molecule has 0 aliphatic carbocycles. The summed E-state index contributed by atoms with van der Waals surface area (Å²) in [5, 5.41) is 20.3. The number of carboxylic acid groups (broad SMARTS) is 1. The zero-order chi connectivity index (χ0) is 15.6. The Balaban J connectivity index is 2.30. The summed E-state index contributed by atoms with van der Waals surface area (Å²) >= 11 is 0. The van der Waals surface area contributed by atoms with Crippen molar-refractivity contribution >= 4 is 17.5 Å². The SMILES string of the molecule is CCC1(C(=O)O)CCCN(c2ncc([N+](=O)[O-])cc2C)C1. The van der Waals surface area contributed by atoms with Crippen molar-refractivity contribution in [3.63, 3.8) is 0 Å². The van der Waals surface area contributed by atoms with Crippen molar-refractivity contribution in [2.45, 2.75) is 33.1 Å². The minimum Gasteiger partial charge on any atom is -0.481 e. The molecule has 2 rings (SSSR count). The number of rotatable bonds is 4. The molecule has 1 fully saturated rings. The van der Waals surface area contributed by atoms with E-state index in [0.29, 0.717) is 30.8 Å². The van der Waals surface area contributed by atoms with Gasteiger partial charge < -0.3 is 10.0 Å². The van der Waals surface area contributed by atoms with Crippen molar-refractivity contribution in [2.24, 2.45) is 5.41 Å². The lowest BCUT2D eigenvalue weighted by atomic mass is 9.77. The summed E-state index contributed by atoms with van der Waals surface area (Å²) in [5.74, 6) is -0.145. The van der Waals surface area contributed by atoms with E-state index in [1.54, 1.807) is 6.92 Å². The molecule has 1 atom stereocenters. The van der Waals surface area contributed by atoms with Crippen LogP contribution in [0.1, 0.15) is 31.7 Å². The lowest BCUT2D eigenvalue weighted by Gasteiger charge is -2.40. The van der Waals surface area contributed by atoms with Crippen molar-refractivity contribution in [3.8, 4) is 0 Å². The molecule has 1 N–H and O–H groups in total. The Hall–Kier alpha value is -2.18. The van der Waals surface area contributed by atoms with E-state index in [-0.39, 0.29) is 5.69 Å². The predicted octanol–water partition coefficient (Wildman–Crippen LogP) is 2.38. The lowest BCUT2D eigenvalue weighted by Crippen LogP contribution is -2.48. The summed E-state index contributed by atoms with van der Waals surface area (Å²) < 4.78 is 0. The molecule has 1 aromatic heterocycles. The Morgan fingerprint density at radius 3 is 2.86 bits per heavy atom. The summed E-state index contributed by atoms with van der Waals surface area (Å²) in [4.78, 5) is 28.0. The molecule has 0 bridgehead atoms. The van der Waals surface area contributed by atoms with Gasteiger partial charge in [0.05, 0.1) is 10.3 Å². The van der Waals surface area contributed by atoms with Crippen LogP contribution in [0.4, 0.5) is 11.5 Å². The van der Waals surface area contributed by atoms with E-state index < -0.39 is 16.3 Å². The van der Waals surface area contributed by atoms with E-state index in [9.17, 15) is 20.0 Å². The van der Waals surface area contributed by atoms with Gasteiger partial charge >= 0.3 is 5.97 Å². The van der Waals surface area contributed by atoms with Crippen LogP contribution in [0.25, 0.3) is 0 Å². The van der Waals surface area contributed by atoms with E-state index in [1.165, 1.54) is 12.3 Å². The second kappa shape index (κ2) is 5.67. The average Bonchev–Trinajstić information content (AvgIpc) is 2.46. The van der Waals surface area contributed by atoms with Gasteiger partial charge in [0.15, 0.2) is 0 Å². The zero-order valence-corrected chi connectivity index (χ0v) is 12.2. The highest BCUT2D eigenvalue weighted by Gasteiger charge is 2.41. The molecule has 1 aliphatic rings. The number of nitrogens with zero attached hydrogens (tertiary/aromatic N) is 3. The number of aliphatic carboxylic acids is 1. The molecule has 0 amide bonds. The number of aryl methyl sites for hydroxylation is 1. The molecule has 0 saturated carbocycles. The van der Waals surface area contributed by atoms with Crippen molar-refractivity contribution in [2.75, 3.05) is 18.0 Å². The molecule has 114 valence electrons. The van der Waals surface area contributed by atoms with Gasteiger partial charge in [0.25, 0.3) is 5.69 Å². The van der Waals surface area contributed by atoms with Gasteiger partial charge in [0.2, 0.25) is 0 Å².